The van der Waals surface area contributed by atoms with Crippen molar-refractivity contribution in [2.45, 2.75) is 26.2 Å². The first-order chi connectivity index (χ1) is 12.1. The van der Waals surface area contributed by atoms with E-state index in [4.69, 9.17) is 21.1 Å². The summed E-state index contributed by atoms with van der Waals surface area (Å²) in [5.74, 6) is 0.719. The molecule has 1 aromatic carbocycles. The fourth-order valence-corrected chi connectivity index (χ4v) is 3.50. The van der Waals surface area contributed by atoms with Crippen LogP contribution in [0.2, 0.25) is 5.02 Å². The maximum absolute atomic E-state index is 12.9. The SMILES string of the molecule is CCNC(=O)[C@H]1CCCN(C(=O)c2cc(Cl)c3c(c2)OCCCO3)C1. The van der Waals surface area contributed by atoms with Gasteiger partial charge < -0.3 is 19.7 Å². The molecule has 0 radical (unpaired) electrons. The first-order valence-corrected chi connectivity index (χ1v) is 9.14. The number of likely N-dealkylation sites (tertiary alicyclic amines) is 1. The lowest BCUT2D eigenvalue weighted by Crippen LogP contribution is -2.45. The average Bonchev–Trinajstić information content (AvgIpc) is 2.87. The normalized spacial score (nSPS) is 19.9. The third-order valence-electron chi connectivity index (χ3n) is 4.48. The standard InChI is InChI=1S/C18H23ClN2O4/c1-2-20-17(22)12-5-3-6-21(11-12)18(23)13-9-14(19)16-15(10-13)24-7-4-8-25-16/h9-10,12H,2-8,11H2,1H3,(H,20,22)/t12-/m0/s1. The highest BCUT2D eigenvalue weighted by molar-refractivity contribution is 6.32. The van der Waals surface area contributed by atoms with E-state index >= 15 is 0 Å². The predicted octanol–water partition coefficient (Wildman–Crippen LogP) is 2.49. The molecule has 0 aliphatic carbocycles. The molecule has 7 heteroatoms. The molecule has 25 heavy (non-hydrogen) atoms. The number of halogens is 1. The Morgan fingerprint density at radius 3 is 2.88 bits per heavy atom. The molecule has 1 saturated heterocycles. The van der Waals surface area contributed by atoms with Crippen LogP contribution in [-0.2, 0) is 4.79 Å². The fourth-order valence-electron chi connectivity index (χ4n) is 3.23. The Balaban J connectivity index is 1.77. The number of carbonyl (C=O) groups is 2. The molecular weight excluding hydrogens is 344 g/mol. The minimum absolute atomic E-state index is 0.0108. The predicted molar refractivity (Wildman–Crippen MR) is 94.4 cm³/mol. The number of amides is 2. The summed E-state index contributed by atoms with van der Waals surface area (Å²) in [6, 6.07) is 3.30. The summed E-state index contributed by atoms with van der Waals surface area (Å²) in [6.45, 7) is 4.63. The van der Waals surface area contributed by atoms with Gasteiger partial charge in [-0.2, -0.15) is 0 Å². The molecule has 1 atom stereocenters. The van der Waals surface area contributed by atoms with Gasteiger partial charge in [0, 0.05) is 31.6 Å². The van der Waals surface area contributed by atoms with Gasteiger partial charge in [0.2, 0.25) is 5.91 Å². The summed E-state index contributed by atoms with van der Waals surface area (Å²) in [7, 11) is 0. The summed E-state index contributed by atoms with van der Waals surface area (Å²) < 4.78 is 11.3. The molecule has 1 N–H and O–H groups in total. The van der Waals surface area contributed by atoms with Gasteiger partial charge in [-0.1, -0.05) is 11.6 Å². The molecule has 1 aromatic rings. The summed E-state index contributed by atoms with van der Waals surface area (Å²) in [6.07, 6.45) is 2.39. The zero-order valence-electron chi connectivity index (χ0n) is 14.3. The van der Waals surface area contributed by atoms with Crippen molar-refractivity contribution in [3.05, 3.63) is 22.7 Å². The Morgan fingerprint density at radius 1 is 1.28 bits per heavy atom. The second-order valence-electron chi connectivity index (χ2n) is 6.32. The van der Waals surface area contributed by atoms with Crippen LogP contribution in [0.1, 0.15) is 36.5 Å². The van der Waals surface area contributed by atoms with Crippen molar-refractivity contribution in [3.8, 4) is 11.5 Å². The third-order valence-corrected chi connectivity index (χ3v) is 4.76. The lowest BCUT2D eigenvalue weighted by atomic mass is 9.96. The molecule has 3 rings (SSSR count). The minimum Gasteiger partial charge on any atom is -0.489 e. The quantitative estimate of drug-likeness (QED) is 0.892. The van der Waals surface area contributed by atoms with Gasteiger partial charge >= 0.3 is 0 Å². The van der Waals surface area contributed by atoms with E-state index in [1.807, 2.05) is 6.92 Å². The highest BCUT2D eigenvalue weighted by atomic mass is 35.5. The molecule has 0 unspecified atom stereocenters. The Hall–Kier alpha value is -1.95. The van der Waals surface area contributed by atoms with Crippen LogP contribution in [0.3, 0.4) is 0 Å². The third kappa shape index (κ3) is 4.00. The fraction of sp³-hybridized carbons (Fsp3) is 0.556. The molecule has 0 bridgehead atoms. The number of hydrogen-bond donors (Lipinski definition) is 1. The number of rotatable bonds is 3. The zero-order chi connectivity index (χ0) is 17.8. The largest absolute Gasteiger partial charge is 0.489 e. The summed E-state index contributed by atoms with van der Waals surface area (Å²) in [5.41, 5.74) is 0.464. The Bertz CT molecular complexity index is 665. The van der Waals surface area contributed by atoms with Crippen molar-refractivity contribution in [1.29, 1.82) is 0 Å². The minimum atomic E-state index is -0.159. The van der Waals surface area contributed by atoms with Crippen LogP contribution in [0.25, 0.3) is 0 Å². The molecule has 6 nitrogen and oxygen atoms in total. The van der Waals surface area contributed by atoms with Crippen LogP contribution in [0.15, 0.2) is 12.1 Å². The topological polar surface area (TPSA) is 67.9 Å². The number of nitrogens with one attached hydrogen (secondary N) is 1. The Morgan fingerprint density at radius 2 is 2.08 bits per heavy atom. The van der Waals surface area contributed by atoms with Crippen molar-refractivity contribution >= 4 is 23.4 Å². The van der Waals surface area contributed by atoms with Crippen LogP contribution >= 0.6 is 11.6 Å². The van der Waals surface area contributed by atoms with E-state index in [0.717, 1.165) is 19.3 Å². The Kier molecular flexibility index (Phi) is 5.68. The highest BCUT2D eigenvalue weighted by Crippen LogP contribution is 2.38. The van der Waals surface area contributed by atoms with E-state index in [1.54, 1.807) is 17.0 Å². The van der Waals surface area contributed by atoms with E-state index in [-0.39, 0.29) is 17.7 Å². The smallest absolute Gasteiger partial charge is 0.254 e. The molecule has 0 saturated carbocycles. The summed E-state index contributed by atoms with van der Waals surface area (Å²) >= 11 is 6.28. The lowest BCUT2D eigenvalue weighted by Gasteiger charge is -2.32. The number of carbonyl (C=O) groups excluding carboxylic acids is 2. The van der Waals surface area contributed by atoms with Crippen LogP contribution in [0, 0.1) is 5.92 Å². The number of piperidine rings is 1. The molecule has 2 heterocycles. The van der Waals surface area contributed by atoms with Crippen LogP contribution in [0.4, 0.5) is 0 Å². The second-order valence-corrected chi connectivity index (χ2v) is 6.73. The van der Waals surface area contributed by atoms with Crippen molar-refractivity contribution in [2.75, 3.05) is 32.8 Å². The van der Waals surface area contributed by atoms with Gasteiger partial charge in [0.25, 0.3) is 5.91 Å². The van der Waals surface area contributed by atoms with Crippen molar-refractivity contribution in [2.24, 2.45) is 5.92 Å². The second kappa shape index (κ2) is 7.95. The van der Waals surface area contributed by atoms with E-state index in [2.05, 4.69) is 5.32 Å². The molecule has 1 fully saturated rings. The molecule has 0 aromatic heterocycles. The van der Waals surface area contributed by atoms with Crippen molar-refractivity contribution in [3.63, 3.8) is 0 Å². The van der Waals surface area contributed by atoms with E-state index in [1.165, 1.54) is 0 Å². The van der Waals surface area contributed by atoms with Gasteiger partial charge in [0.15, 0.2) is 11.5 Å². The molecule has 2 amide bonds. The van der Waals surface area contributed by atoms with E-state index in [0.29, 0.717) is 54.9 Å². The van der Waals surface area contributed by atoms with Gasteiger partial charge in [0.05, 0.1) is 24.2 Å². The molecule has 2 aliphatic rings. The van der Waals surface area contributed by atoms with Crippen LogP contribution in [-0.4, -0.2) is 49.6 Å². The summed E-state index contributed by atoms with van der Waals surface area (Å²) in [5, 5.41) is 3.21. The molecule has 136 valence electrons. The van der Waals surface area contributed by atoms with Gasteiger partial charge in [-0.15, -0.1) is 0 Å². The lowest BCUT2D eigenvalue weighted by molar-refractivity contribution is -0.126. The van der Waals surface area contributed by atoms with Gasteiger partial charge in [0.1, 0.15) is 0 Å². The van der Waals surface area contributed by atoms with E-state index < -0.39 is 0 Å². The number of fused-ring (bicyclic) bond motifs is 1. The number of hydrogen-bond acceptors (Lipinski definition) is 4. The number of ether oxygens (including phenoxy) is 2. The average molecular weight is 367 g/mol. The molecule has 2 aliphatic heterocycles. The van der Waals surface area contributed by atoms with Gasteiger partial charge in [-0.05, 0) is 31.9 Å². The van der Waals surface area contributed by atoms with Crippen molar-refractivity contribution < 1.29 is 19.1 Å². The van der Waals surface area contributed by atoms with Crippen LogP contribution < -0.4 is 14.8 Å². The monoisotopic (exact) mass is 366 g/mol. The van der Waals surface area contributed by atoms with Crippen molar-refractivity contribution in [1.82, 2.24) is 10.2 Å². The first-order valence-electron chi connectivity index (χ1n) is 8.76. The van der Waals surface area contributed by atoms with Gasteiger partial charge in [-0.25, -0.2) is 0 Å². The number of nitrogens with zero attached hydrogens (tertiary/aromatic N) is 1. The Labute approximate surface area is 152 Å². The zero-order valence-corrected chi connectivity index (χ0v) is 15.1. The molecular formula is C18H23ClN2O4. The van der Waals surface area contributed by atoms with Crippen LogP contribution in [0.5, 0.6) is 11.5 Å². The maximum Gasteiger partial charge on any atom is 0.254 e. The number of benzene rings is 1. The first kappa shape index (κ1) is 17.9. The highest BCUT2D eigenvalue weighted by Gasteiger charge is 2.29. The van der Waals surface area contributed by atoms with E-state index in [9.17, 15) is 9.59 Å². The molecule has 0 spiro atoms. The maximum atomic E-state index is 12.9. The summed E-state index contributed by atoms with van der Waals surface area (Å²) in [4.78, 5) is 26.7. The van der Waals surface area contributed by atoms with Gasteiger partial charge in [-0.3, -0.25) is 9.59 Å².